The number of aromatic nitrogens is 5. The number of aryl methyl sites for hydroxylation is 1. The lowest BCUT2D eigenvalue weighted by Gasteiger charge is -2.18. The number of hydrogen-bond acceptors (Lipinski definition) is 6. The van der Waals surface area contributed by atoms with Crippen LogP contribution in [0.15, 0.2) is 16.2 Å². The maximum Gasteiger partial charge on any atom is 0.197 e. The van der Waals surface area contributed by atoms with Gasteiger partial charge >= 0.3 is 0 Å². The topological polar surface area (TPSA) is 68.5 Å². The molecule has 0 bridgehead atoms. The summed E-state index contributed by atoms with van der Waals surface area (Å²) < 4.78 is 1.95. The van der Waals surface area contributed by atoms with Crippen molar-refractivity contribution in [2.24, 2.45) is 7.05 Å². The lowest BCUT2D eigenvalue weighted by molar-refractivity contribution is 0.539. The molecule has 2 rings (SSSR count). The molecule has 7 heteroatoms. The van der Waals surface area contributed by atoms with Gasteiger partial charge < -0.3 is 9.88 Å². The molecule has 0 aliphatic heterocycles. The Balaban J connectivity index is 2.39. The molecule has 0 saturated carbocycles. The molecule has 2 heterocycles. The van der Waals surface area contributed by atoms with Crippen LogP contribution in [0.2, 0.25) is 0 Å². The zero-order valence-electron chi connectivity index (χ0n) is 12.7. The van der Waals surface area contributed by atoms with Crippen molar-refractivity contribution < 1.29 is 0 Å². The molecule has 108 valence electrons. The Morgan fingerprint density at radius 1 is 1.20 bits per heavy atom. The van der Waals surface area contributed by atoms with Crippen LogP contribution in [0.5, 0.6) is 0 Å². The fourth-order valence-corrected chi connectivity index (χ4v) is 2.35. The predicted molar refractivity (Wildman–Crippen MR) is 80.1 cm³/mol. The van der Waals surface area contributed by atoms with Crippen molar-refractivity contribution in [3.8, 4) is 0 Å². The number of nitrogens with zero attached hydrogens (tertiary/aromatic N) is 5. The van der Waals surface area contributed by atoms with Crippen LogP contribution in [-0.2, 0) is 12.5 Å². The molecule has 0 spiro atoms. The highest BCUT2D eigenvalue weighted by molar-refractivity contribution is 7.99. The number of hydrogen-bond donors (Lipinski definition) is 1. The maximum atomic E-state index is 4.63. The summed E-state index contributed by atoms with van der Waals surface area (Å²) >= 11 is 1.49. The lowest BCUT2D eigenvalue weighted by Crippen LogP contribution is -2.17. The van der Waals surface area contributed by atoms with Crippen LogP contribution in [0.4, 0.5) is 5.82 Å². The van der Waals surface area contributed by atoms with Crippen LogP contribution in [-0.4, -0.2) is 31.8 Å². The predicted octanol–water partition coefficient (Wildman–Crippen LogP) is 2.40. The fraction of sp³-hybridized carbons (Fsp3) is 0.538. The van der Waals surface area contributed by atoms with E-state index in [0.29, 0.717) is 0 Å². The first-order valence-electron chi connectivity index (χ1n) is 6.42. The summed E-state index contributed by atoms with van der Waals surface area (Å²) in [6, 6.07) is 1.92. The molecule has 0 aliphatic rings. The second-order valence-electron chi connectivity index (χ2n) is 5.61. The van der Waals surface area contributed by atoms with Crippen LogP contribution in [0.25, 0.3) is 0 Å². The number of anilines is 1. The molecule has 0 aromatic carbocycles. The molecular formula is C13H20N6S. The molecule has 0 aliphatic carbocycles. The van der Waals surface area contributed by atoms with E-state index in [1.807, 2.05) is 31.7 Å². The van der Waals surface area contributed by atoms with Crippen molar-refractivity contribution in [3.05, 3.63) is 17.7 Å². The first-order valence-corrected chi connectivity index (χ1v) is 7.24. The zero-order valence-corrected chi connectivity index (χ0v) is 13.5. The molecule has 2 aromatic heterocycles. The highest BCUT2D eigenvalue weighted by atomic mass is 32.2. The second-order valence-corrected chi connectivity index (χ2v) is 6.59. The highest BCUT2D eigenvalue weighted by Crippen LogP contribution is 2.28. The van der Waals surface area contributed by atoms with Crippen molar-refractivity contribution in [1.29, 1.82) is 0 Å². The summed E-state index contributed by atoms with van der Waals surface area (Å²) in [4.78, 5) is 9.14. The average molecular weight is 292 g/mol. The Labute approximate surface area is 123 Å². The third-order valence-corrected chi connectivity index (χ3v) is 3.83. The molecule has 2 aromatic rings. The van der Waals surface area contributed by atoms with E-state index in [4.69, 9.17) is 0 Å². The van der Waals surface area contributed by atoms with Gasteiger partial charge in [-0.05, 0) is 18.7 Å². The largest absolute Gasteiger partial charge is 0.373 e. The van der Waals surface area contributed by atoms with Gasteiger partial charge in [-0.1, -0.05) is 20.8 Å². The molecule has 0 atom stereocenters. The summed E-state index contributed by atoms with van der Waals surface area (Å²) in [5, 5.41) is 13.0. The Hall–Kier alpha value is -1.63. The maximum absolute atomic E-state index is 4.63. The summed E-state index contributed by atoms with van der Waals surface area (Å²) in [5.41, 5.74) is -0.0992. The Morgan fingerprint density at radius 2 is 1.90 bits per heavy atom. The van der Waals surface area contributed by atoms with Gasteiger partial charge in [-0.2, -0.15) is 0 Å². The fourth-order valence-electron chi connectivity index (χ4n) is 1.51. The highest BCUT2D eigenvalue weighted by Gasteiger charge is 2.20. The average Bonchev–Trinajstić information content (AvgIpc) is 2.69. The van der Waals surface area contributed by atoms with Gasteiger partial charge in [-0.15, -0.1) is 10.2 Å². The summed E-state index contributed by atoms with van der Waals surface area (Å²) in [6.07, 6.45) is 0. The monoisotopic (exact) mass is 292 g/mol. The molecule has 0 amide bonds. The van der Waals surface area contributed by atoms with Crippen LogP contribution in [0.1, 0.15) is 32.4 Å². The van der Waals surface area contributed by atoms with Crippen LogP contribution < -0.4 is 5.32 Å². The van der Waals surface area contributed by atoms with Gasteiger partial charge in [-0.3, -0.25) is 0 Å². The van der Waals surface area contributed by atoms with Crippen LogP contribution in [0.3, 0.4) is 0 Å². The van der Waals surface area contributed by atoms with Crippen molar-refractivity contribution in [2.75, 3.05) is 12.4 Å². The number of rotatable bonds is 3. The van der Waals surface area contributed by atoms with Gasteiger partial charge in [0, 0.05) is 25.6 Å². The molecule has 0 fully saturated rings. The van der Waals surface area contributed by atoms with Crippen molar-refractivity contribution >= 4 is 17.6 Å². The zero-order chi connectivity index (χ0) is 14.9. The molecule has 1 N–H and O–H groups in total. The third kappa shape index (κ3) is 3.09. The van der Waals surface area contributed by atoms with Gasteiger partial charge in [0.25, 0.3) is 0 Å². The first kappa shape index (κ1) is 14.8. The Morgan fingerprint density at radius 3 is 2.40 bits per heavy atom. The van der Waals surface area contributed by atoms with Gasteiger partial charge in [0.05, 0.1) is 0 Å². The summed E-state index contributed by atoms with van der Waals surface area (Å²) in [7, 11) is 3.80. The third-order valence-electron chi connectivity index (χ3n) is 2.88. The van der Waals surface area contributed by atoms with Crippen molar-refractivity contribution in [1.82, 2.24) is 24.7 Å². The van der Waals surface area contributed by atoms with Gasteiger partial charge in [0.15, 0.2) is 5.16 Å². The van der Waals surface area contributed by atoms with E-state index in [1.54, 1.807) is 0 Å². The lowest BCUT2D eigenvalue weighted by atomic mass is 9.96. The summed E-state index contributed by atoms with van der Waals surface area (Å²) in [5.74, 6) is 2.50. The minimum Gasteiger partial charge on any atom is -0.373 e. The van der Waals surface area contributed by atoms with E-state index in [0.717, 1.165) is 27.6 Å². The van der Waals surface area contributed by atoms with E-state index in [-0.39, 0.29) is 5.41 Å². The van der Waals surface area contributed by atoms with Crippen molar-refractivity contribution in [2.45, 2.75) is 43.3 Å². The minimum absolute atomic E-state index is 0.0992. The molecule has 0 saturated heterocycles. The van der Waals surface area contributed by atoms with Gasteiger partial charge in [0.2, 0.25) is 0 Å². The van der Waals surface area contributed by atoms with Gasteiger partial charge in [-0.25, -0.2) is 9.97 Å². The molecule has 0 radical (unpaired) electrons. The van der Waals surface area contributed by atoms with Crippen LogP contribution in [0, 0.1) is 6.92 Å². The second kappa shape index (κ2) is 5.40. The normalized spacial score (nSPS) is 11.7. The van der Waals surface area contributed by atoms with E-state index in [9.17, 15) is 0 Å². The first-order chi connectivity index (χ1) is 9.31. The minimum atomic E-state index is -0.0992. The molecule has 0 unspecified atom stereocenters. The van der Waals surface area contributed by atoms with Crippen molar-refractivity contribution in [3.63, 3.8) is 0 Å². The molecule has 20 heavy (non-hydrogen) atoms. The Kier molecular flexibility index (Phi) is 3.99. The number of nitrogens with one attached hydrogen (secondary N) is 1. The van der Waals surface area contributed by atoms with Crippen LogP contribution >= 0.6 is 11.8 Å². The van der Waals surface area contributed by atoms with E-state index in [1.165, 1.54) is 11.8 Å². The van der Waals surface area contributed by atoms with E-state index < -0.39 is 0 Å². The van der Waals surface area contributed by atoms with E-state index >= 15 is 0 Å². The SMILES string of the molecule is CNc1cc(Sc2nnc(C)n2C)nc(C(C)(C)C)n1. The quantitative estimate of drug-likeness (QED) is 0.876. The molecular weight excluding hydrogens is 272 g/mol. The molecule has 6 nitrogen and oxygen atoms in total. The Bertz CT molecular complexity index is 614. The smallest absolute Gasteiger partial charge is 0.197 e. The summed E-state index contributed by atoms with van der Waals surface area (Å²) in [6.45, 7) is 8.23. The van der Waals surface area contributed by atoms with Gasteiger partial charge in [0.1, 0.15) is 22.5 Å². The van der Waals surface area contributed by atoms with E-state index in [2.05, 4.69) is 46.3 Å². The standard InChI is InChI=1S/C13H20N6S/c1-8-17-18-12(19(8)6)20-10-7-9(14-5)15-11(16-10)13(2,3)4/h7H,1-6H3,(H,14,15,16).